The van der Waals surface area contributed by atoms with Gasteiger partial charge in [-0.1, -0.05) is 89.2 Å². The molecule has 0 atom stereocenters. The molecule has 1 rings (SSSR count). The van der Waals surface area contributed by atoms with E-state index in [-0.39, 0.29) is 0 Å². The molecule has 23 heavy (non-hydrogen) atoms. The molecule has 0 saturated heterocycles. The molecule has 0 N–H and O–H groups in total. The Morgan fingerprint density at radius 1 is 0.783 bits per heavy atom. The molecule has 0 unspecified atom stereocenters. The van der Waals surface area contributed by atoms with Gasteiger partial charge in [0.2, 0.25) is 0 Å². The van der Waals surface area contributed by atoms with Crippen molar-refractivity contribution in [2.24, 2.45) is 0 Å². The monoisotopic (exact) mass is 358 g/mol. The van der Waals surface area contributed by atoms with Gasteiger partial charge < -0.3 is 4.29 Å². The number of hydrogen-bond acceptors (Lipinski definition) is 1. The van der Waals surface area contributed by atoms with E-state index in [1.165, 1.54) is 77.0 Å². The van der Waals surface area contributed by atoms with Crippen molar-refractivity contribution in [3.8, 4) is 5.75 Å². The van der Waals surface area contributed by atoms with Crippen molar-refractivity contribution < 1.29 is 4.29 Å². The van der Waals surface area contributed by atoms with Crippen molar-refractivity contribution in [2.75, 3.05) is 0 Å². The molecule has 1 nitrogen and oxygen atoms in total. The van der Waals surface area contributed by atoms with Gasteiger partial charge in [-0.2, -0.15) is 0 Å². The minimum absolute atomic E-state index is 0.735. The van der Waals surface area contributed by atoms with Crippen LogP contribution in [0.15, 0.2) is 18.2 Å². The molecule has 0 aliphatic carbocycles. The highest BCUT2D eigenvalue weighted by Gasteiger charge is 2.04. The summed E-state index contributed by atoms with van der Waals surface area (Å²) < 4.78 is 4.87. The van der Waals surface area contributed by atoms with Crippen LogP contribution in [0.1, 0.15) is 89.5 Å². The molecule has 1 aromatic carbocycles. The van der Waals surface area contributed by atoms with Gasteiger partial charge in [-0.05, 0) is 36.6 Å². The van der Waals surface area contributed by atoms with Gasteiger partial charge >= 0.3 is 0 Å². The van der Waals surface area contributed by atoms with Crippen molar-refractivity contribution in [1.82, 2.24) is 0 Å². The van der Waals surface area contributed by atoms with Crippen LogP contribution in [0, 0.1) is 0 Å². The predicted molar refractivity (Wildman–Crippen MR) is 103 cm³/mol. The zero-order valence-corrected chi connectivity index (χ0v) is 16.1. The number of halogens is 2. The Kier molecular flexibility index (Phi) is 12.6. The molecule has 3 heteroatoms. The highest BCUT2D eigenvalue weighted by atomic mass is 35.5. The standard InChI is InChI=1S/C20H32Cl2O/c1-2-3-4-5-6-7-8-9-10-11-12-13-14-18-17-19(21)15-16-20(18)23-22/h15-17H,2-14H2,1H3. The van der Waals surface area contributed by atoms with E-state index < -0.39 is 0 Å². The van der Waals surface area contributed by atoms with Crippen molar-refractivity contribution >= 4 is 23.5 Å². The first-order valence-corrected chi connectivity index (χ1v) is 10.0. The number of unbranched alkanes of at least 4 members (excludes halogenated alkanes) is 11. The first-order chi connectivity index (χ1) is 11.3. The van der Waals surface area contributed by atoms with E-state index >= 15 is 0 Å². The van der Waals surface area contributed by atoms with Crippen LogP contribution in [0.25, 0.3) is 0 Å². The summed E-state index contributed by atoms with van der Waals surface area (Å²) in [5, 5.41) is 0.747. The van der Waals surface area contributed by atoms with E-state index in [4.69, 9.17) is 27.8 Å². The first kappa shape index (κ1) is 20.6. The van der Waals surface area contributed by atoms with Crippen LogP contribution in [0.4, 0.5) is 0 Å². The fourth-order valence-corrected chi connectivity index (χ4v) is 3.32. The lowest BCUT2D eigenvalue weighted by atomic mass is 10.0. The lowest BCUT2D eigenvalue weighted by Crippen LogP contribution is -1.90. The molecule has 0 heterocycles. The summed E-state index contributed by atoms with van der Waals surface area (Å²) in [7, 11) is 0. The van der Waals surface area contributed by atoms with Crippen LogP contribution < -0.4 is 4.29 Å². The van der Waals surface area contributed by atoms with Gasteiger partial charge in [0, 0.05) is 5.02 Å². The number of benzene rings is 1. The summed E-state index contributed by atoms with van der Waals surface area (Å²) in [5.74, 6) is 0.735. The molecule has 0 aromatic heterocycles. The van der Waals surface area contributed by atoms with E-state index in [1.807, 2.05) is 18.2 Å². The Labute approximate surface area is 152 Å². The second-order valence-corrected chi connectivity index (χ2v) is 7.06. The fourth-order valence-electron chi connectivity index (χ4n) is 2.98. The zero-order chi connectivity index (χ0) is 16.8. The molecule has 0 saturated carbocycles. The first-order valence-electron chi connectivity index (χ1n) is 9.35. The van der Waals surface area contributed by atoms with Crippen LogP contribution in [0.5, 0.6) is 5.75 Å². The number of aryl methyl sites for hydroxylation is 1. The zero-order valence-electron chi connectivity index (χ0n) is 14.6. The Balaban J connectivity index is 1.97. The third kappa shape index (κ3) is 10.1. The van der Waals surface area contributed by atoms with Crippen LogP contribution in [0.2, 0.25) is 5.02 Å². The molecule has 1 aromatic rings. The minimum Gasteiger partial charge on any atom is -0.385 e. The SMILES string of the molecule is CCCCCCCCCCCCCCc1cc(Cl)ccc1OCl. The third-order valence-electron chi connectivity index (χ3n) is 4.41. The summed E-state index contributed by atoms with van der Waals surface area (Å²) in [6.45, 7) is 2.27. The molecular weight excluding hydrogens is 327 g/mol. The van der Waals surface area contributed by atoms with E-state index in [0.717, 1.165) is 22.8 Å². The molecule has 0 amide bonds. The molecule has 132 valence electrons. The molecular formula is C20H32Cl2O. The van der Waals surface area contributed by atoms with E-state index in [2.05, 4.69) is 6.92 Å². The highest BCUT2D eigenvalue weighted by Crippen LogP contribution is 2.25. The van der Waals surface area contributed by atoms with Crippen molar-refractivity contribution in [1.29, 1.82) is 0 Å². The summed E-state index contributed by atoms with van der Waals surface area (Å²) in [4.78, 5) is 0. The van der Waals surface area contributed by atoms with E-state index in [1.54, 1.807) is 0 Å². The van der Waals surface area contributed by atoms with E-state index in [0.29, 0.717) is 0 Å². The second kappa shape index (κ2) is 14.0. The Morgan fingerprint density at radius 2 is 1.30 bits per heavy atom. The maximum Gasteiger partial charge on any atom is 0.149 e. The molecule has 0 fully saturated rings. The Hall–Kier alpha value is -0.400. The lowest BCUT2D eigenvalue weighted by molar-refractivity contribution is 0.542. The molecule has 0 aliphatic rings. The van der Waals surface area contributed by atoms with Gasteiger partial charge in [0.25, 0.3) is 0 Å². The Morgan fingerprint density at radius 3 is 1.83 bits per heavy atom. The van der Waals surface area contributed by atoms with Crippen molar-refractivity contribution in [3.63, 3.8) is 0 Å². The molecule has 0 bridgehead atoms. The average Bonchev–Trinajstić information content (AvgIpc) is 2.56. The third-order valence-corrected chi connectivity index (χ3v) is 4.81. The maximum absolute atomic E-state index is 6.03. The molecule has 0 radical (unpaired) electrons. The lowest BCUT2D eigenvalue weighted by Gasteiger charge is -2.07. The number of rotatable bonds is 14. The number of hydrogen-bond donors (Lipinski definition) is 0. The average molecular weight is 359 g/mol. The van der Waals surface area contributed by atoms with Gasteiger partial charge in [-0.25, -0.2) is 0 Å². The van der Waals surface area contributed by atoms with Crippen molar-refractivity contribution in [2.45, 2.75) is 90.4 Å². The smallest absolute Gasteiger partial charge is 0.149 e. The van der Waals surface area contributed by atoms with Gasteiger partial charge in [0.05, 0.1) is 0 Å². The van der Waals surface area contributed by atoms with Gasteiger partial charge in [-0.15, -0.1) is 0 Å². The van der Waals surface area contributed by atoms with Crippen LogP contribution in [-0.2, 0) is 6.42 Å². The maximum atomic E-state index is 6.03. The van der Waals surface area contributed by atoms with Gasteiger partial charge in [-0.3, -0.25) is 0 Å². The largest absolute Gasteiger partial charge is 0.385 e. The van der Waals surface area contributed by atoms with E-state index in [9.17, 15) is 0 Å². The normalized spacial score (nSPS) is 10.9. The van der Waals surface area contributed by atoms with Crippen LogP contribution in [0.3, 0.4) is 0 Å². The summed E-state index contributed by atoms with van der Waals surface area (Å²) in [5.41, 5.74) is 1.11. The minimum atomic E-state index is 0.735. The van der Waals surface area contributed by atoms with Gasteiger partial charge in [0.1, 0.15) is 17.6 Å². The Bertz CT molecular complexity index is 407. The summed E-state index contributed by atoms with van der Waals surface area (Å²) >= 11 is 11.5. The van der Waals surface area contributed by atoms with Gasteiger partial charge in [0.15, 0.2) is 0 Å². The van der Waals surface area contributed by atoms with Crippen LogP contribution in [-0.4, -0.2) is 0 Å². The summed E-state index contributed by atoms with van der Waals surface area (Å²) in [6, 6.07) is 5.61. The topological polar surface area (TPSA) is 9.23 Å². The summed E-state index contributed by atoms with van der Waals surface area (Å²) in [6.07, 6.45) is 17.4. The fraction of sp³-hybridized carbons (Fsp3) is 0.700. The van der Waals surface area contributed by atoms with Crippen molar-refractivity contribution in [3.05, 3.63) is 28.8 Å². The molecule has 0 aliphatic heterocycles. The quantitative estimate of drug-likeness (QED) is 0.305. The molecule has 0 spiro atoms. The highest BCUT2D eigenvalue weighted by molar-refractivity contribution is 6.30. The van der Waals surface area contributed by atoms with Crippen LogP contribution >= 0.6 is 23.5 Å². The predicted octanol–water partition coefficient (Wildman–Crippen LogP) is 8.12. The second-order valence-electron chi connectivity index (χ2n) is 6.47.